The third-order valence-corrected chi connectivity index (χ3v) is 4.52. The summed E-state index contributed by atoms with van der Waals surface area (Å²) in [5.41, 5.74) is 1.15. The lowest BCUT2D eigenvalue weighted by molar-refractivity contribution is -0.132. The fraction of sp³-hybridized carbons (Fsp3) is 0.455. The molecule has 1 aromatic heterocycles. The number of carbonyl (C=O) groups excluding carboxylic acids is 2. The SMILES string of the molecule is CCNC(=O)N(CCOC)CC(=O)N(CCc1ccccc1)Cc1ccc(C)o1. The Hall–Kier alpha value is -2.80. The van der Waals surface area contributed by atoms with Crippen molar-refractivity contribution in [1.29, 1.82) is 0 Å². The molecule has 0 saturated carbocycles. The van der Waals surface area contributed by atoms with Gasteiger partial charge in [0.1, 0.15) is 18.1 Å². The molecule has 0 saturated heterocycles. The van der Waals surface area contributed by atoms with Crippen LogP contribution in [0.1, 0.15) is 24.0 Å². The quantitative estimate of drug-likeness (QED) is 0.628. The zero-order valence-electron chi connectivity index (χ0n) is 17.5. The molecule has 1 N–H and O–H groups in total. The van der Waals surface area contributed by atoms with E-state index in [1.54, 1.807) is 12.0 Å². The summed E-state index contributed by atoms with van der Waals surface area (Å²) in [7, 11) is 1.57. The summed E-state index contributed by atoms with van der Waals surface area (Å²) in [5, 5.41) is 2.75. The molecule has 0 atom stereocenters. The lowest BCUT2D eigenvalue weighted by atomic mass is 10.1. The highest BCUT2D eigenvalue weighted by Crippen LogP contribution is 2.12. The second kappa shape index (κ2) is 11.9. The van der Waals surface area contributed by atoms with Crippen LogP contribution < -0.4 is 5.32 Å². The van der Waals surface area contributed by atoms with E-state index in [1.807, 2.05) is 56.3 Å². The summed E-state index contributed by atoms with van der Waals surface area (Å²) in [6, 6.07) is 13.5. The molecular weight excluding hydrogens is 370 g/mol. The van der Waals surface area contributed by atoms with Crippen molar-refractivity contribution in [2.24, 2.45) is 0 Å². The van der Waals surface area contributed by atoms with Gasteiger partial charge < -0.3 is 24.3 Å². The van der Waals surface area contributed by atoms with Crippen LogP contribution in [0.15, 0.2) is 46.9 Å². The highest BCUT2D eigenvalue weighted by Gasteiger charge is 2.22. The molecule has 0 aliphatic heterocycles. The molecule has 7 nitrogen and oxygen atoms in total. The lowest BCUT2D eigenvalue weighted by Gasteiger charge is -2.27. The van der Waals surface area contributed by atoms with Gasteiger partial charge in [-0.25, -0.2) is 4.79 Å². The molecule has 0 radical (unpaired) electrons. The molecule has 2 rings (SSSR count). The molecule has 0 aliphatic carbocycles. The third kappa shape index (κ3) is 7.62. The number of benzene rings is 1. The highest BCUT2D eigenvalue weighted by molar-refractivity contribution is 5.84. The minimum atomic E-state index is -0.269. The maximum Gasteiger partial charge on any atom is 0.317 e. The zero-order valence-corrected chi connectivity index (χ0v) is 17.5. The normalized spacial score (nSPS) is 10.6. The van der Waals surface area contributed by atoms with Gasteiger partial charge in [0.05, 0.1) is 13.2 Å². The van der Waals surface area contributed by atoms with Crippen molar-refractivity contribution < 1.29 is 18.7 Å². The number of nitrogens with one attached hydrogen (secondary N) is 1. The number of rotatable bonds is 11. The average molecular weight is 402 g/mol. The van der Waals surface area contributed by atoms with Crippen molar-refractivity contribution in [3.05, 3.63) is 59.5 Å². The van der Waals surface area contributed by atoms with Gasteiger partial charge >= 0.3 is 6.03 Å². The van der Waals surface area contributed by atoms with Gasteiger partial charge in [-0.2, -0.15) is 0 Å². The number of hydrogen-bond acceptors (Lipinski definition) is 4. The Bertz CT molecular complexity index is 760. The predicted octanol–water partition coefficient (Wildman–Crippen LogP) is 2.84. The first-order chi connectivity index (χ1) is 14.0. The van der Waals surface area contributed by atoms with Gasteiger partial charge in [0.2, 0.25) is 5.91 Å². The summed E-state index contributed by atoms with van der Waals surface area (Å²) in [4.78, 5) is 28.6. The Labute approximate surface area is 172 Å². The average Bonchev–Trinajstić information content (AvgIpc) is 3.13. The first-order valence-corrected chi connectivity index (χ1v) is 9.92. The second-order valence-corrected chi connectivity index (χ2v) is 6.81. The van der Waals surface area contributed by atoms with E-state index < -0.39 is 0 Å². The third-order valence-electron chi connectivity index (χ3n) is 4.52. The Balaban J connectivity index is 2.09. The maximum absolute atomic E-state index is 13.1. The molecule has 1 aromatic carbocycles. The summed E-state index contributed by atoms with van der Waals surface area (Å²) in [6.07, 6.45) is 0.728. The minimum absolute atomic E-state index is 0.0102. The Morgan fingerprint density at radius 2 is 1.83 bits per heavy atom. The van der Waals surface area contributed by atoms with E-state index in [4.69, 9.17) is 9.15 Å². The number of amides is 3. The minimum Gasteiger partial charge on any atom is -0.464 e. The molecular formula is C22H31N3O4. The van der Waals surface area contributed by atoms with Crippen LogP contribution >= 0.6 is 0 Å². The van der Waals surface area contributed by atoms with Crippen molar-refractivity contribution in [2.75, 3.05) is 39.9 Å². The van der Waals surface area contributed by atoms with Gasteiger partial charge in [-0.3, -0.25) is 4.79 Å². The molecule has 1 heterocycles. The Kier molecular flexibility index (Phi) is 9.24. The van der Waals surface area contributed by atoms with E-state index in [0.717, 1.165) is 23.5 Å². The van der Waals surface area contributed by atoms with Gasteiger partial charge in [-0.15, -0.1) is 0 Å². The van der Waals surface area contributed by atoms with Crippen molar-refractivity contribution in [2.45, 2.75) is 26.8 Å². The van der Waals surface area contributed by atoms with Crippen molar-refractivity contribution in [1.82, 2.24) is 15.1 Å². The van der Waals surface area contributed by atoms with E-state index in [-0.39, 0.29) is 18.5 Å². The first kappa shape index (κ1) is 22.5. The van der Waals surface area contributed by atoms with Gasteiger partial charge in [0.25, 0.3) is 0 Å². The maximum atomic E-state index is 13.1. The molecule has 158 valence electrons. The monoisotopic (exact) mass is 401 g/mol. The van der Waals surface area contributed by atoms with Crippen molar-refractivity contribution in [3.8, 4) is 0 Å². The van der Waals surface area contributed by atoms with Crippen molar-refractivity contribution >= 4 is 11.9 Å². The molecule has 29 heavy (non-hydrogen) atoms. The van der Waals surface area contributed by atoms with E-state index in [2.05, 4.69) is 5.32 Å². The van der Waals surface area contributed by atoms with Crippen LogP contribution in [0.25, 0.3) is 0 Å². The number of methoxy groups -OCH3 is 1. The summed E-state index contributed by atoms with van der Waals surface area (Å²) in [6.45, 7) is 5.83. The highest BCUT2D eigenvalue weighted by atomic mass is 16.5. The molecule has 3 amide bonds. The lowest BCUT2D eigenvalue weighted by Crippen LogP contribution is -2.48. The Morgan fingerprint density at radius 3 is 2.45 bits per heavy atom. The second-order valence-electron chi connectivity index (χ2n) is 6.81. The van der Waals surface area contributed by atoms with E-state index in [1.165, 1.54) is 4.90 Å². The number of urea groups is 1. The Morgan fingerprint density at radius 1 is 1.07 bits per heavy atom. The number of furan rings is 1. The zero-order chi connectivity index (χ0) is 21.1. The summed E-state index contributed by atoms with van der Waals surface area (Å²) < 4.78 is 10.8. The first-order valence-electron chi connectivity index (χ1n) is 9.92. The number of hydrogen-bond donors (Lipinski definition) is 1. The van der Waals surface area contributed by atoms with Crippen LogP contribution in [0.2, 0.25) is 0 Å². The molecule has 0 bridgehead atoms. The number of aryl methyl sites for hydroxylation is 1. The van der Waals surface area contributed by atoms with Crippen LogP contribution in [0.4, 0.5) is 4.79 Å². The van der Waals surface area contributed by atoms with Gasteiger partial charge in [-0.05, 0) is 38.0 Å². The molecule has 0 aliphatic rings. The van der Waals surface area contributed by atoms with Crippen LogP contribution in [0, 0.1) is 6.92 Å². The fourth-order valence-electron chi connectivity index (χ4n) is 2.94. The van der Waals surface area contributed by atoms with E-state index >= 15 is 0 Å². The number of nitrogens with zero attached hydrogens (tertiary/aromatic N) is 2. The van der Waals surface area contributed by atoms with Gasteiger partial charge in [-0.1, -0.05) is 30.3 Å². The van der Waals surface area contributed by atoms with E-state index in [9.17, 15) is 9.59 Å². The van der Waals surface area contributed by atoms with Crippen LogP contribution in [-0.2, 0) is 22.5 Å². The standard InChI is InChI=1S/C22H31N3O4/c1-4-23-22(27)25(14-15-28-3)17-21(26)24(16-20-11-10-18(2)29-20)13-12-19-8-6-5-7-9-19/h5-11H,4,12-17H2,1-3H3,(H,23,27). The van der Waals surface area contributed by atoms with E-state index in [0.29, 0.717) is 32.8 Å². The predicted molar refractivity (Wildman–Crippen MR) is 112 cm³/mol. The largest absolute Gasteiger partial charge is 0.464 e. The van der Waals surface area contributed by atoms with Crippen molar-refractivity contribution in [3.63, 3.8) is 0 Å². The van der Waals surface area contributed by atoms with Gasteiger partial charge in [0.15, 0.2) is 0 Å². The van der Waals surface area contributed by atoms with Crippen LogP contribution in [0.3, 0.4) is 0 Å². The van der Waals surface area contributed by atoms with Crippen LogP contribution in [-0.4, -0.2) is 61.6 Å². The summed E-state index contributed by atoms with van der Waals surface area (Å²) in [5.74, 6) is 1.40. The molecule has 0 unspecified atom stereocenters. The topological polar surface area (TPSA) is 75.0 Å². The molecule has 0 spiro atoms. The fourth-order valence-corrected chi connectivity index (χ4v) is 2.94. The number of ether oxygens (including phenoxy) is 1. The number of carbonyl (C=O) groups is 2. The van der Waals surface area contributed by atoms with Crippen LogP contribution in [0.5, 0.6) is 0 Å². The molecule has 0 fully saturated rings. The summed E-state index contributed by atoms with van der Waals surface area (Å²) >= 11 is 0. The molecule has 2 aromatic rings. The van der Waals surface area contributed by atoms with Gasteiger partial charge in [0, 0.05) is 26.7 Å². The molecule has 7 heteroatoms. The smallest absolute Gasteiger partial charge is 0.317 e.